The summed E-state index contributed by atoms with van der Waals surface area (Å²) in [4.78, 5) is 12.8. The molecule has 0 aliphatic heterocycles. The molecule has 0 fully saturated rings. The second kappa shape index (κ2) is 7.25. The predicted octanol–water partition coefficient (Wildman–Crippen LogP) is 0.670. The summed E-state index contributed by atoms with van der Waals surface area (Å²) in [6.07, 6.45) is 1.42. The molecule has 0 aliphatic rings. The Balaban J connectivity index is 3.45. The van der Waals surface area contributed by atoms with Gasteiger partial charge in [-0.3, -0.25) is 4.79 Å². The molecule has 0 aliphatic carbocycles. The smallest absolute Gasteiger partial charge is 0.131 e. The molecule has 0 aromatic heterocycles. The van der Waals surface area contributed by atoms with Gasteiger partial charge < -0.3 is 10.0 Å². The molecule has 0 rings (SSSR count). The first kappa shape index (κ1) is 11.6. The van der Waals surface area contributed by atoms with Crippen LogP contribution in [0.1, 0.15) is 26.7 Å². The maximum atomic E-state index is 10.7. The zero-order chi connectivity index (χ0) is 9.40. The van der Waals surface area contributed by atoms with Gasteiger partial charge in [-0.05, 0) is 19.9 Å². The Bertz CT molecular complexity index is 126. The zero-order valence-corrected chi connectivity index (χ0v) is 8.05. The average Bonchev–Trinajstić information content (AvgIpc) is 2.05. The van der Waals surface area contributed by atoms with Gasteiger partial charge in [0, 0.05) is 26.1 Å². The molecule has 1 N–H and O–H groups in total. The number of hydrogen-bond acceptors (Lipinski definition) is 3. The van der Waals surface area contributed by atoms with Crippen LogP contribution in [0, 0.1) is 0 Å². The zero-order valence-electron chi connectivity index (χ0n) is 8.05. The van der Waals surface area contributed by atoms with Crippen molar-refractivity contribution < 1.29 is 9.90 Å². The van der Waals surface area contributed by atoms with Gasteiger partial charge in [0.1, 0.15) is 5.78 Å². The minimum absolute atomic E-state index is 0.233. The highest BCUT2D eigenvalue weighted by Crippen LogP contribution is 1.93. The Hall–Kier alpha value is -0.410. The minimum atomic E-state index is 0.233. The molecule has 3 nitrogen and oxygen atoms in total. The maximum absolute atomic E-state index is 10.7. The number of rotatable bonds is 7. The van der Waals surface area contributed by atoms with Crippen molar-refractivity contribution >= 4 is 5.78 Å². The van der Waals surface area contributed by atoms with Gasteiger partial charge >= 0.3 is 0 Å². The molecule has 0 radical (unpaired) electrons. The van der Waals surface area contributed by atoms with Gasteiger partial charge in [0.2, 0.25) is 0 Å². The van der Waals surface area contributed by atoms with Crippen molar-refractivity contribution in [1.29, 1.82) is 0 Å². The van der Waals surface area contributed by atoms with Crippen molar-refractivity contribution in [3.8, 4) is 0 Å². The molecular weight excluding hydrogens is 154 g/mol. The van der Waals surface area contributed by atoms with Crippen molar-refractivity contribution in [2.24, 2.45) is 0 Å². The molecule has 3 heteroatoms. The van der Waals surface area contributed by atoms with Crippen LogP contribution in [0.2, 0.25) is 0 Å². The molecule has 0 aromatic carbocycles. The molecule has 0 saturated carbocycles. The standard InChI is InChI=1S/C9H19NO2/c1-3-10(6-4-8-11)7-5-9(2)12/h11H,3-8H2,1-2H3. The van der Waals surface area contributed by atoms with Gasteiger partial charge in [0.05, 0.1) is 0 Å². The fourth-order valence-electron chi connectivity index (χ4n) is 1.04. The number of hydrogen-bond donors (Lipinski definition) is 1. The summed E-state index contributed by atoms with van der Waals surface area (Å²) in [5.41, 5.74) is 0. The fraction of sp³-hybridized carbons (Fsp3) is 0.889. The van der Waals surface area contributed by atoms with Gasteiger partial charge in [-0.1, -0.05) is 6.92 Å². The van der Waals surface area contributed by atoms with E-state index in [2.05, 4.69) is 11.8 Å². The van der Waals surface area contributed by atoms with E-state index in [1.807, 2.05) is 0 Å². The lowest BCUT2D eigenvalue weighted by atomic mass is 10.3. The minimum Gasteiger partial charge on any atom is -0.396 e. The maximum Gasteiger partial charge on any atom is 0.131 e. The van der Waals surface area contributed by atoms with Crippen molar-refractivity contribution in [3.63, 3.8) is 0 Å². The summed E-state index contributed by atoms with van der Waals surface area (Å²) in [5, 5.41) is 8.59. The van der Waals surface area contributed by atoms with E-state index in [4.69, 9.17) is 5.11 Å². The van der Waals surface area contributed by atoms with Crippen LogP contribution in [-0.4, -0.2) is 42.0 Å². The van der Waals surface area contributed by atoms with E-state index in [0.29, 0.717) is 6.42 Å². The van der Waals surface area contributed by atoms with Gasteiger partial charge in [0.25, 0.3) is 0 Å². The molecule has 0 saturated heterocycles. The van der Waals surface area contributed by atoms with Crippen LogP contribution in [-0.2, 0) is 4.79 Å². The summed E-state index contributed by atoms with van der Waals surface area (Å²) >= 11 is 0. The van der Waals surface area contributed by atoms with Crippen molar-refractivity contribution in [1.82, 2.24) is 4.90 Å². The number of nitrogens with zero attached hydrogens (tertiary/aromatic N) is 1. The molecule has 12 heavy (non-hydrogen) atoms. The largest absolute Gasteiger partial charge is 0.396 e. The van der Waals surface area contributed by atoms with Crippen molar-refractivity contribution in [2.75, 3.05) is 26.2 Å². The molecule has 0 spiro atoms. The van der Waals surface area contributed by atoms with Gasteiger partial charge in [-0.2, -0.15) is 0 Å². The third kappa shape index (κ3) is 6.31. The van der Waals surface area contributed by atoms with E-state index >= 15 is 0 Å². The summed E-state index contributed by atoms with van der Waals surface area (Å²) < 4.78 is 0. The number of aliphatic hydroxyl groups excluding tert-OH is 1. The Morgan fingerprint density at radius 1 is 1.42 bits per heavy atom. The molecular formula is C9H19NO2. The molecule has 0 aromatic rings. The van der Waals surface area contributed by atoms with Gasteiger partial charge in [-0.25, -0.2) is 0 Å². The molecule has 0 bridgehead atoms. The van der Waals surface area contributed by atoms with E-state index in [-0.39, 0.29) is 12.4 Å². The first-order chi connectivity index (χ1) is 5.70. The van der Waals surface area contributed by atoms with Gasteiger partial charge in [0.15, 0.2) is 0 Å². The van der Waals surface area contributed by atoms with E-state index in [1.165, 1.54) is 0 Å². The number of carbonyl (C=O) groups excluding carboxylic acids is 1. The van der Waals surface area contributed by atoms with Crippen LogP contribution in [0.5, 0.6) is 0 Å². The lowest BCUT2D eigenvalue weighted by molar-refractivity contribution is -0.117. The van der Waals surface area contributed by atoms with Gasteiger partial charge in [-0.15, -0.1) is 0 Å². The van der Waals surface area contributed by atoms with Crippen molar-refractivity contribution in [3.05, 3.63) is 0 Å². The van der Waals surface area contributed by atoms with E-state index in [0.717, 1.165) is 26.1 Å². The van der Waals surface area contributed by atoms with E-state index in [9.17, 15) is 4.79 Å². The summed E-state index contributed by atoms with van der Waals surface area (Å²) in [7, 11) is 0. The molecule has 0 heterocycles. The predicted molar refractivity (Wildman–Crippen MR) is 49.1 cm³/mol. The van der Waals surface area contributed by atoms with Crippen LogP contribution in [0.4, 0.5) is 0 Å². The topological polar surface area (TPSA) is 40.5 Å². The van der Waals surface area contributed by atoms with Crippen LogP contribution < -0.4 is 0 Å². The first-order valence-corrected chi connectivity index (χ1v) is 4.53. The monoisotopic (exact) mass is 173 g/mol. The highest BCUT2D eigenvalue weighted by atomic mass is 16.3. The lowest BCUT2D eigenvalue weighted by Gasteiger charge is -2.18. The summed E-state index contributed by atoms with van der Waals surface area (Å²) in [6, 6.07) is 0. The van der Waals surface area contributed by atoms with Crippen molar-refractivity contribution in [2.45, 2.75) is 26.7 Å². The highest BCUT2D eigenvalue weighted by Gasteiger charge is 2.02. The van der Waals surface area contributed by atoms with Crippen LogP contribution >= 0.6 is 0 Å². The normalized spacial score (nSPS) is 10.7. The third-order valence-electron chi connectivity index (χ3n) is 1.86. The second-order valence-corrected chi connectivity index (χ2v) is 2.96. The Labute approximate surface area is 74.4 Å². The quantitative estimate of drug-likeness (QED) is 0.615. The summed E-state index contributed by atoms with van der Waals surface area (Å²) in [5.74, 6) is 0.234. The molecule has 0 atom stereocenters. The molecule has 72 valence electrons. The summed E-state index contributed by atoms with van der Waals surface area (Å²) in [6.45, 7) is 6.58. The number of ketones is 1. The average molecular weight is 173 g/mol. The Morgan fingerprint density at radius 3 is 2.50 bits per heavy atom. The number of Topliss-reactive ketones (excluding diaryl/α,β-unsaturated/α-hetero) is 1. The Kier molecular flexibility index (Phi) is 7.00. The van der Waals surface area contributed by atoms with E-state index < -0.39 is 0 Å². The SMILES string of the molecule is CCN(CCCO)CCC(C)=O. The van der Waals surface area contributed by atoms with E-state index in [1.54, 1.807) is 6.92 Å². The fourth-order valence-corrected chi connectivity index (χ4v) is 1.04. The Morgan fingerprint density at radius 2 is 2.08 bits per heavy atom. The highest BCUT2D eigenvalue weighted by molar-refractivity contribution is 5.75. The third-order valence-corrected chi connectivity index (χ3v) is 1.86. The van der Waals surface area contributed by atoms with Crippen LogP contribution in [0.3, 0.4) is 0 Å². The molecule has 0 unspecified atom stereocenters. The van der Waals surface area contributed by atoms with Crippen LogP contribution in [0.15, 0.2) is 0 Å². The molecule has 0 amide bonds. The second-order valence-electron chi connectivity index (χ2n) is 2.96. The first-order valence-electron chi connectivity index (χ1n) is 4.53. The lowest BCUT2D eigenvalue weighted by Crippen LogP contribution is -2.27. The number of carbonyl (C=O) groups is 1. The van der Waals surface area contributed by atoms with Crippen LogP contribution in [0.25, 0.3) is 0 Å². The number of aliphatic hydroxyl groups is 1.